The zero-order valence-electron chi connectivity index (χ0n) is 16.9. The quantitative estimate of drug-likeness (QED) is 0.651. The third kappa shape index (κ3) is 4.38. The molecule has 0 fully saturated rings. The highest BCUT2D eigenvalue weighted by Gasteiger charge is 2.22. The summed E-state index contributed by atoms with van der Waals surface area (Å²) in [6.07, 6.45) is 1.69. The molecule has 2 aromatic carbocycles. The lowest BCUT2D eigenvalue weighted by atomic mass is 10.1. The van der Waals surface area contributed by atoms with E-state index in [0.29, 0.717) is 17.7 Å². The molecule has 29 heavy (non-hydrogen) atoms. The number of carbonyl (C=O) groups is 1. The molecule has 1 heterocycles. The first-order valence-electron chi connectivity index (χ1n) is 9.11. The number of aromatic nitrogens is 2. The van der Waals surface area contributed by atoms with Crippen LogP contribution in [0.15, 0.2) is 53.6 Å². The number of hydrogen-bond donors (Lipinski definition) is 2. The minimum absolute atomic E-state index is 0.150. The van der Waals surface area contributed by atoms with E-state index in [1.54, 1.807) is 26.1 Å². The van der Waals surface area contributed by atoms with Gasteiger partial charge in [-0.25, -0.2) is 12.7 Å². The summed E-state index contributed by atoms with van der Waals surface area (Å²) in [7, 11) is -0.682. The van der Waals surface area contributed by atoms with Gasteiger partial charge in [0.15, 0.2) is 0 Å². The molecule has 0 unspecified atom stereocenters. The normalized spacial score (nSPS) is 11.6. The number of aryl methyl sites for hydroxylation is 1. The Kier molecular flexibility index (Phi) is 5.86. The first-order chi connectivity index (χ1) is 13.7. The molecule has 2 N–H and O–H groups in total. The minimum atomic E-state index is -3.63. The molecule has 3 aromatic rings. The smallest absolute Gasteiger partial charge is 0.251 e. The number of carbonyl (C=O) groups excluding carboxylic acids is 1. The van der Waals surface area contributed by atoms with Crippen LogP contribution in [0.25, 0.3) is 11.3 Å². The molecular formula is C21H24N4O3S. The van der Waals surface area contributed by atoms with Crippen LogP contribution in [0.3, 0.4) is 0 Å². The highest BCUT2D eigenvalue weighted by molar-refractivity contribution is 7.89. The van der Waals surface area contributed by atoms with Gasteiger partial charge >= 0.3 is 0 Å². The van der Waals surface area contributed by atoms with E-state index >= 15 is 0 Å². The Morgan fingerprint density at radius 1 is 1.10 bits per heavy atom. The van der Waals surface area contributed by atoms with Crippen LogP contribution in [0, 0.1) is 13.8 Å². The van der Waals surface area contributed by atoms with Gasteiger partial charge in [-0.05, 0) is 54.3 Å². The van der Waals surface area contributed by atoms with Gasteiger partial charge in [-0.3, -0.25) is 9.89 Å². The average Bonchev–Trinajstić information content (AvgIpc) is 3.23. The third-order valence-electron chi connectivity index (χ3n) is 4.86. The molecule has 7 nitrogen and oxygen atoms in total. The highest BCUT2D eigenvalue weighted by atomic mass is 32.2. The van der Waals surface area contributed by atoms with Crippen molar-refractivity contribution in [3.05, 3.63) is 70.9 Å². The Morgan fingerprint density at radius 2 is 1.79 bits per heavy atom. The van der Waals surface area contributed by atoms with Crippen LogP contribution in [0.5, 0.6) is 0 Å². The highest BCUT2D eigenvalue weighted by Crippen LogP contribution is 2.23. The van der Waals surface area contributed by atoms with Crippen molar-refractivity contribution in [3.63, 3.8) is 0 Å². The summed E-state index contributed by atoms with van der Waals surface area (Å²) in [6, 6.07) is 12.8. The number of hydrogen-bond acceptors (Lipinski definition) is 4. The maximum atomic E-state index is 12.7. The molecule has 8 heteroatoms. The molecule has 0 saturated heterocycles. The number of benzene rings is 2. The standard InChI is InChI=1S/C21H24N4O3S/c1-14-11-18(12-20(15(14)2)29(27,28)25(3)4)21(26)22-13-16-5-7-17(8-6-16)19-9-10-23-24-19/h5-12H,13H2,1-4H3,(H,22,26)(H,23,24). The summed E-state index contributed by atoms with van der Waals surface area (Å²) in [5.74, 6) is -0.319. The van der Waals surface area contributed by atoms with E-state index in [0.717, 1.165) is 26.7 Å². The summed E-state index contributed by atoms with van der Waals surface area (Å²) in [6.45, 7) is 3.88. The second kappa shape index (κ2) is 8.18. The van der Waals surface area contributed by atoms with Crippen LogP contribution in [0.4, 0.5) is 0 Å². The molecule has 0 aliphatic rings. The number of amides is 1. The fourth-order valence-electron chi connectivity index (χ4n) is 2.93. The molecule has 0 aliphatic heterocycles. The van der Waals surface area contributed by atoms with Crippen molar-refractivity contribution >= 4 is 15.9 Å². The van der Waals surface area contributed by atoms with Gasteiger partial charge in [-0.1, -0.05) is 24.3 Å². The first-order valence-corrected chi connectivity index (χ1v) is 10.5. The molecule has 152 valence electrons. The van der Waals surface area contributed by atoms with E-state index in [4.69, 9.17) is 0 Å². The van der Waals surface area contributed by atoms with Gasteiger partial charge in [0, 0.05) is 32.4 Å². The Morgan fingerprint density at radius 3 is 2.38 bits per heavy atom. The summed E-state index contributed by atoms with van der Waals surface area (Å²) in [5, 5.41) is 9.70. The zero-order valence-corrected chi connectivity index (χ0v) is 17.7. The van der Waals surface area contributed by atoms with Gasteiger partial charge in [0.2, 0.25) is 10.0 Å². The lowest BCUT2D eigenvalue weighted by molar-refractivity contribution is 0.0950. The van der Waals surface area contributed by atoms with Crippen LogP contribution < -0.4 is 5.32 Å². The molecule has 1 amide bonds. The number of sulfonamides is 1. The van der Waals surface area contributed by atoms with Gasteiger partial charge in [0.05, 0.1) is 10.6 Å². The number of nitrogens with one attached hydrogen (secondary N) is 2. The summed E-state index contributed by atoms with van der Waals surface area (Å²) >= 11 is 0. The van der Waals surface area contributed by atoms with Crippen molar-refractivity contribution in [1.29, 1.82) is 0 Å². The van der Waals surface area contributed by atoms with Crippen molar-refractivity contribution in [2.45, 2.75) is 25.3 Å². The minimum Gasteiger partial charge on any atom is -0.348 e. The fraction of sp³-hybridized carbons (Fsp3) is 0.238. The van der Waals surface area contributed by atoms with Gasteiger partial charge < -0.3 is 5.32 Å². The molecule has 0 aliphatic carbocycles. The van der Waals surface area contributed by atoms with Crippen molar-refractivity contribution < 1.29 is 13.2 Å². The van der Waals surface area contributed by atoms with Crippen LogP contribution in [0.2, 0.25) is 0 Å². The van der Waals surface area contributed by atoms with Crippen LogP contribution in [0.1, 0.15) is 27.0 Å². The molecule has 1 aromatic heterocycles. The fourth-order valence-corrected chi connectivity index (χ4v) is 4.14. The van der Waals surface area contributed by atoms with E-state index in [-0.39, 0.29) is 10.8 Å². The molecule has 0 atom stereocenters. The van der Waals surface area contributed by atoms with Crippen molar-refractivity contribution in [2.75, 3.05) is 14.1 Å². The molecule has 3 rings (SSSR count). The lowest BCUT2D eigenvalue weighted by Crippen LogP contribution is -2.26. The topological polar surface area (TPSA) is 95.2 Å². The largest absolute Gasteiger partial charge is 0.348 e. The van der Waals surface area contributed by atoms with Gasteiger partial charge in [0.1, 0.15) is 0 Å². The van der Waals surface area contributed by atoms with Crippen molar-refractivity contribution in [3.8, 4) is 11.3 Å². The van der Waals surface area contributed by atoms with Gasteiger partial charge in [-0.2, -0.15) is 5.10 Å². The maximum Gasteiger partial charge on any atom is 0.251 e. The maximum absolute atomic E-state index is 12.7. The van der Waals surface area contributed by atoms with Crippen LogP contribution >= 0.6 is 0 Å². The van der Waals surface area contributed by atoms with E-state index in [9.17, 15) is 13.2 Å². The predicted molar refractivity (Wildman–Crippen MR) is 112 cm³/mol. The van der Waals surface area contributed by atoms with E-state index in [2.05, 4.69) is 15.5 Å². The lowest BCUT2D eigenvalue weighted by Gasteiger charge is -2.16. The Balaban J connectivity index is 1.76. The second-order valence-corrected chi connectivity index (χ2v) is 9.17. The number of aromatic amines is 1. The molecule has 0 spiro atoms. The monoisotopic (exact) mass is 412 g/mol. The van der Waals surface area contributed by atoms with E-state index < -0.39 is 10.0 Å². The molecular weight excluding hydrogens is 388 g/mol. The van der Waals surface area contributed by atoms with E-state index in [1.807, 2.05) is 30.3 Å². The van der Waals surface area contributed by atoms with E-state index in [1.165, 1.54) is 20.2 Å². The molecule has 0 bridgehead atoms. The van der Waals surface area contributed by atoms with Crippen LogP contribution in [-0.2, 0) is 16.6 Å². The SMILES string of the molecule is Cc1cc(C(=O)NCc2ccc(-c3ccn[nH]3)cc2)cc(S(=O)(=O)N(C)C)c1C. The number of H-pyrrole nitrogens is 1. The Bertz CT molecular complexity index is 1120. The summed E-state index contributed by atoms with van der Waals surface area (Å²) < 4.78 is 26.3. The Labute approximate surface area is 170 Å². The Hall–Kier alpha value is -2.97. The number of nitrogens with zero attached hydrogens (tertiary/aromatic N) is 2. The van der Waals surface area contributed by atoms with Crippen molar-refractivity contribution in [2.24, 2.45) is 0 Å². The summed E-state index contributed by atoms with van der Waals surface area (Å²) in [5.41, 5.74) is 4.58. The molecule has 0 saturated carbocycles. The zero-order chi connectivity index (χ0) is 21.2. The van der Waals surface area contributed by atoms with Crippen molar-refractivity contribution in [1.82, 2.24) is 19.8 Å². The summed E-state index contributed by atoms with van der Waals surface area (Å²) in [4.78, 5) is 12.8. The number of rotatable bonds is 6. The average molecular weight is 413 g/mol. The predicted octanol–water partition coefficient (Wildman–Crippen LogP) is 2.87. The third-order valence-corrected chi connectivity index (χ3v) is 6.80. The van der Waals surface area contributed by atoms with Crippen LogP contribution in [-0.4, -0.2) is 42.9 Å². The van der Waals surface area contributed by atoms with Gasteiger partial charge in [0.25, 0.3) is 5.91 Å². The second-order valence-electron chi connectivity index (χ2n) is 7.05. The van der Waals surface area contributed by atoms with Gasteiger partial charge in [-0.15, -0.1) is 0 Å². The molecule has 0 radical (unpaired) electrons. The first kappa shape index (κ1) is 20.8.